The lowest BCUT2D eigenvalue weighted by molar-refractivity contribution is -0.116. The molecule has 0 spiro atoms. The number of anilines is 3. The summed E-state index contributed by atoms with van der Waals surface area (Å²) in [5.41, 5.74) is 6.60. The summed E-state index contributed by atoms with van der Waals surface area (Å²) in [4.78, 5) is 32.3. The largest absolute Gasteiger partial charge is 0.378 e. The van der Waals surface area contributed by atoms with Gasteiger partial charge in [-0.25, -0.2) is 0 Å². The molecule has 0 saturated heterocycles. The number of hydrogen-bond donors (Lipinski definition) is 1. The Morgan fingerprint density at radius 3 is 2.20 bits per heavy atom. The average Bonchev–Trinajstić information content (AvgIpc) is 3.12. The number of amides is 1. The Kier molecular flexibility index (Phi) is 6.91. The van der Waals surface area contributed by atoms with Crippen LogP contribution in [0.2, 0.25) is 5.02 Å². The van der Waals surface area contributed by atoms with Gasteiger partial charge in [0, 0.05) is 48.1 Å². The molecule has 1 aliphatic carbocycles. The number of para-hydroxylation sites is 2. The molecule has 1 aliphatic heterocycles. The van der Waals surface area contributed by atoms with E-state index in [1.165, 1.54) is 0 Å². The molecule has 5 nitrogen and oxygen atoms in total. The summed E-state index contributed by atoms with van der Waals surface area (Å²) >= 11 is 6.16. The normalized spacial score (nSPS) is 18.4. The maximum atomic E-state index is 14.4. The summed E-state index contributed by atoms with van der Waals surface area (Å²) in [6, 6.07) is 32.4. The molecule has 2 atom stereocenters. The predicted octanol–water partition coefficient (Wildman–Crippen LogP) is 7.62. The molecule has 1 heterocycles. The SMILES string of the molecule is CN(C)c1ccc([C@@H]2C3=C(C[C@H](c4ccccc4)CC3=O)Nc3ccccc3N2C(=O)c2ccc(Cl)cc2)cc1. The standard InChI is InChI=1S/C34H30ClN3O2/c1-37(2)27-18-14-23(15-19-27)33-32-29(20-25(21-31(32)39)22-8-4-3-5-9-22)36-28-10-6-7-11-30(28)38(33)34(40)24-12-16-26(35)17-13-24/h3-19,25,33,36H,20-21H2,1-2H3/t25-,33+/m0/s1. The number of ketones is 1. The molecule has 0 unspecified atom stereocenters. The minimum Gasteiger partial charge on any atom is -0.378 e. The summed E-state index contributed by atoms with van der Waals surface area (Å²) in [5.74, 6) is -0.0901. The van der Waals surface area contributed by atoms with E-state index >= 15 is 0 Å². The topological polar surface area (TPSA) is 52.7 Å². The lowest BCUT2D eigenvalue weighted by atomic mass is 9.78. The number of fused-ring (bicyclic) bond motifs is 1. The van der Waals surface area contributed by atoms with Gasteiger partial charge >= 0.3 is 0 Å². The first-order valence-electron chi connectivity index (χ1n) is 13.4. The zero-order chi connectivity index (χ0) is 27.8. The molecule has 0 aromatic heterocycles. The monoisotopic (exact) mass is 547 g/mol. The third-order valence-electron chi connectivity index (χ3n) is 7.79. The molecule has 6 heteroatoms. The molecule has 0 bridgehead atoms. The van der Waals surface area contributed by atoms with Crippen LogP contribution in [0.15, 0.2) is 114 Å². The van der Waals surface area contributed by atoms with Crippen LogP contribution in [0, 0.1) is 0 Å². The van der Waals surface area contributed by atoms with Gasteiger partial charge in [0.25, 0.3) is 5.91 Å². The van der Waals surface area contributed by atoms with E-state index in [9.17, 15) is 9.59 Å². The molecular weight excluding hydrogens is 518 g/mol. The molecule has 0 radical (unpaired) electrons. The van der Waals surface area contributed by atoms with Crippen molar-refractivity contribution in [3.05, 3.63) is 136 Å². The van der Waals surface area contributed by atoms with E-state index in [0.717, 1.165) is 33.9 Å². The minimum atomic E-state index is -0.602. The first-order chi connectivity index (χ1) is 19.4. The number of rotatable bonds is 4. The van der Waals surface area contributed by atoms with Crippen molar-refractivity contribution in [3.8, 4) is 0 Å². The zero-order valence-electron chi connectivity index (χ0n) is 22.5. The Hall–Kier alpha value is -4.35. The molecule has 0 fully saturated rings. The lowest BCUT2D eigenvalue weighted by Gasteiger charge is -2.35. The van der Waals surface area contributed by atoms with Gasteiger partial charge in [-0.05, 0) is 72.0 Å². The van der Waals surface area contributed by atoms with Crippen LogP contribution in [0.1, 0.15) is 46.3 Å². The van der Waals surface area contributed by atoms with E-state index in [4.69, 9.17) is 11.6 Å². The van der Waals surface area contributed by atoms with Crippen molar-refractivity contribution in [1.82, 2.24) is 0 Å². The van der Waals surface area contributed by atoms with Crippen molar-refractivity contribution in [2.75, 3.05) is 29.2 Å². The fraction of sp³-hybridized carbons (Fsp3) is 0.176. The van der Waals surface area contributed by atoms with Crippen molar-refractivity contribution in [1.29, 1.82) is 0 Å². The van der Waals surface area contributed by atoms with Gasteiger partial charge in [0.1, 0.15) is 0 Å². The van der Waals surface area contributed by atoms with Gasteiger partial charge in [-0.15, -0.1) is 0 Å². The van der Waals surface area contributed by atoms with Crippen LogP contribution in [0.3, 0.4) is 0 Å². The van der Waals surface area contributed by atoms with Crippen molar-refractivity contribution >= 4 is 40.4 Å². The van der Waals surface area contributed by atoms with Crippen molar-refractivity contribution in [3.63, 3.8) is 0 Å². The molecule has 200 valence electrons. The summed E-state index contributed by atoms with van der Waals surface area (Å²) in [7, 11) is 3.98. The van der Waals surface area contributed by atoms with E-state index in [0.29, 0.717) is 29.0 Å². The smallest absolute Gasteiger partial charge is 0.259 e. The van der Waals surface area contributed by atoms with E-state index in [-0.39, 0.29) is 17.6 Å². The Bertz CT molecular complexity index is 1590. The van der Waals surface area contributed by atoms with Crippen LogP contribution >= 0.6 is 11.6 Å². The third-order valence-corrected chi connectivity index (χ3v) is 8.05. The molecule has 1 N–H and O–H groups in total. The molecule has 4 aromatic carbocycles. The summed E-state index contributed by atoms with van der Waals surface area (Å²) in [5, 5.41) is 4.16. The van der Waals surface area contributed by atoms with Crippen LogP contribution in [0.25, 0.3) is 0 Å². The highest BCUT2D eigenvalue weighted by atomic mass is 35.5. The first kappa shape index (κ1) is 25.9. The maximum Gasteiger partial charge on any atom is 0.259 e. The van der Waals surface area contributed by atoms with Gasteiger partial charge in [-0.3, -0.25) is 14.5 Å². The number of allylic oxidation sites excluding steroid dienone is 1. The Morgan fingerprint density at radius 1 is 0.825 bits per heavy atom. The van der Waals surface area contributed by atoms with Crippen LogP contribution in [0.4, 0.5) is 17.1 Å². The van der Waals surface area contributed by atoms with Gasteiger partial charge in [0.2, 0.25) is 0 Å². The van der Waals surface area contributed by atoms with Gasteiger partial charge in [0.05, 0.1) is 17.4 Å². The van der Waals surface area contributed by atoms with E-state index in [1.54, 1.807) is 29.2 Å². The van der Waals surface area contributed by atoms with Gasteiger partial charge in [-0.2, -0.15) is 0 Å². The van der Waals surface area contributed by atoms with E-state index < -0.39 is 6.04 Å². The highest BCUT2D eigenvalue weighted by Crippen LogP contribution is 2.48. The molecule has 1 amide bonds. The molecule has 0 saturated carbocycles. The number of hydrogen-bond acceptors (Lipinski definition) is 4. The summed E-state index contributed by atoms with van der Waals surface area (Å²) < 4.78 is 0. The lowest BCUT2D eigenvalue weighted by Crippen LogP contribution is -2.38. The Morgan fingerprint density at radius 2 is 1.50 bits per heavy atom. The number of Topliss-reactive ketones (excluding diaryl/α,β-unsaturated/α-hetero) is 1. The van der Waals surface area contributed by atoms with E-state index in [1.807, 2.05) is 85.7 Å². The van der Waals surface area contributed by atoms with Gasteiger partial charge in [-0.1, -0.05) is 66.2 Å². The molecule has 6 rings (SSSR count). The fourth-order valence-electron chi connectivity index (χ4n) is 5.78. The number of benzene rings is 4. The average molecular weight is 548 g/mol. The summed E-state index contributed by atoms with van der Waals surface area (Å²) in [6.45, 7) is 0. The number of nitrogens with one attached hydrogen (secondary N) is 1. The molecule has 2 aliphatic rings. The quantitative estimate of drug-likeness (QED) is 0.285. The van der Waals surface area contributed by atoms with Crippen molar-refractivity contribution in [2.24, 2.45) is 0 Å². The second-order valence-electron chi connectivity index (χ2n) is 10.5. The number of nitrogens with zero attached hydrogens (tertiary/aromatic N) is 2. The number of carbonyl (C=O) groups excluding carboxylic acids is 2. The van der Waals surface area contributed by atoms with Crippen LogP contribution in [0.5, 0.6) is 0 Å². The van der Waals surface area contributed by atoms with Crippen molar-refractivity contribution in [2.45, 2.75) is 24.8 Å². The van der Waals surface area contributed by atoms with Crippen LogP contribution in [-0.4, -0.2) is 25.8 Å². The minimum absolute atomic E-state index is 0.0472. The predicted molar refractivity (Wildman–Crippen MR) is 162 cm³/mol. The molecular formula is C34H30ClN3O2. The molecule has 40 heavy (non-hydrogen) atoms. The van der Waals surface area contributed by atoms with Crippen LogP contribution < -0.4 is 15.1 Å². The molecule has 4 aromatic rings. The highest BCUT2D eigenvalue weighted by Gasteiger charge is 2.41. The highest BCUT2D eigenvalue weighted by molar-refractivity contribution is 6.30. The maximum absolute atomic E-state index is 14.4. The summed E-state index contributed by atoms with van der Waals surface area (Å²) in [6.07, 6.45) is 1.06. The zero-order valence-corrected chi connectivity index (χ0v) is 23.2. The first-order valence-corrected chi connectivity index (χ1v) is 13.8. The van der Waals surface area contributed by atoms with Gasteiger partial charge < -0.3 is 10.2 Å². The Balaban J connectivity index is 1.56. The third kappa shape index (κ3) is 4.78. The van der Waals surface area contributed by atoms with Crippen LogP contribution in [-0.2, 0) is 4.79 Å². The number of halogens is 1. The van der Waals surface area contributed by atoms with E-state index in [2.05, 4.69) is 17.4 Å². The fourth-order valence-corrected chi connectivity index (χ4v) is 5.90. The second kappa shape index (κ2) is 10.7. The van der Waals surface area contributed by atoms with Gasteiger partial charge in [0.15, 0.2) is 5.78 Å². The second-order valence-corrected chi connectivity index (χ2v) is 11.0. The van der Waals surface area contributed by atoms with Crippen molar-refractivity contribution < 1.29 is 9.59 Å². The Labute approximate surface area is 239 Å². The number of carbonyl (C=O) groups is 2.